The molecule has 0 aliphatic heterocycles. The van der Waals surface area contributed by atoms with Crippen molar-refractivity contribution < 1.29 is 14.7 Å². The Morgan fingerprint density at radius 3 is 2.71 bits per heavy atom. The minimum Gasteiger partial charge on any atom is -0.379 e. The van der Waals surface area contributed by atoms with Gasteiger partial charge in [0.15, 0.2) is 0 Å². The Morgan fingerprint density at radius 1 is 1.47 bits per heavy atom. The zero-order valence-electron chi connectivity index (χ0n) is 9.08. The molecule has 9 nitrogen and oxygen atoms in total. The molecule has 0 amide bonds. The number of hydrogen-bond acceptors (Lipinski definition) is 6. The Hall–Kier alpha value is -1.90. The summed E-state index contributed by atoms with van der Waals surface area (Å²) in [6, 6.07) is 0. The summed E-state index contributed by atoms with van der Waals surface area (Å²) < 4.78 is 5.12. The number of aromatic amines is 2. The summed E-state index contributed by atoms with van der Waals surface area (Å²) >= 11 is 0. The van der Waals surface area contributed by atoms with Gasteiger partial charge >= 0.3 is 5.69 Å². The number of methoxy groups -OCH3 is 1. The normalized spacial score (nSPS) is 28.2. The van der Waals surface area contributed by atoms with E-state index in [-0.39, 0.29) is 12.0 Å². The molecular weight excluding hydrogens is 232 g/mol. The molecule has 0 radical (unpaired) electrons. The predicted molar refractivity (Wildman–Crippen MR) is 53.8 cm³/mol. The lowest BCUT2D eigenvalue weighted by Gasteiger charge is -2.14. The quantitative estimate of drug-likeness (QED) is 0.547. The summed E-state index contributed by atoms with van der Waals surface area (Å²) in [6.07, 6.45) is -0.0818. The Labute approximate surface area is 95.2 Å². The average molecular weight is 244 g/mol. The van der Waals surface area contributed by atoms with Gasteiger partial charge in [-0.05, 0) is 12.8 Å². The second kappa shape index (κ2) is 4.53. The third-order valence-corrected chi connectivity index (χ3v) is 2.88. The molecule has 0 bridgehead atoms. The van der Waals surface area contributed by atoms with E-state index in [2.05, 4.69) is 20.0 Å². The lowest BCUT2D eigenvalue weighted by molar-refractivity contribution is -0.770. The molecule has 1 aliphatic carbocycles. The van der Waals surface area contributed by atoms with Gasteiger partial charge in [0, 0.05) is 13.0 Å². The van der Waals surface area contributed by atoms with E-state index in [1.807, 2.05) is 0 Å². The highest BCUT2D eigenvalue weighted by Crippen LogP contribution is 2.35. The highest BCUT2D eigenvalue weighted by molar-refractivity contribution is 5.01. The maximum Gasteiger partial charge on any atom is 0.340 e. The zero-order chi connectivity index (χ0) is 12.4. The molecule has 1 aromatic rings. The van der Waals surface area contributed by atoms with Crippen LogP contribution < -0.4 is 5.69 Å². The highest BCUT2D eigenvalue weighted by Gasteiger charge is 2.39. The summed E-state index contributed by atoms with van der Waals surface area (Å²) in [5.74, 6) is 0.371. The summed E-state index contributed by atoms with van der Waals surface area (Å²) in [5, 5.41) is 15.5. The molecule has 1 aliphatic rings. The summed E-state index contributed by atoms with van der Waals surface area (Å²) in [7, 11) is 1.47. The minimum atomic E-state index is -0.827. The zero-order valence-corrected chi connectivity index (χ0v) is 9.08. The van der Waals surface area contributed by atoms with Crippen molar-refractivity contribution in [3.8, 4) is 0 Å². The van der Waals surface area contributed by atoms with E-state index < -0.39 is 16.9 Å². The van der Waals surface area contributed by atoms with Crippen LogP contribution in [0.1, 0.15) is 24.6 Å². The Balaban J connectivity index is 2.09. The predicted octanol–water partition coefficient (Wildman–Crippen LogP) is -0.433. The van der Waals surface area contributed by atoms with Crippen LogP contribution in [0.25, 0.3) is 0 Å². The summed E-state index contributed by atoms with van der Waals surface area (Å²) in [4.78, 5) is 28.3. The standard InChI is InChI=1S/C8H12N4O5/c1-16-5-2-4(3-6(5)17-12(14)15)7-9-8(13)11-10-7/h4-6H,2-3H2,1H3,(H2,9,10,11,13)/t4-,5-,6-/m0/s1. The van der Waals surface area contributed by atoms with E-state index >= 15 is 0 Å². The van der Waals surface area contributed by atoms with Gasteiger partial charge in [-0.3, -0.25) is 4.98 Å². The molecule has 0 aromatic carbocycles. The van der Waals surface area contributed by atoms with Crippen LogP contribution in [0.5, 0.6) is 0 Å². The molecule has 1 fully saturated rings. The van der Waals surface area contributed by atoms with Gasteiger partial charge in [0.05, 0.1) is 6.10 Å². The third-order valence-electron chi connectivity index (χ3n) is 2.88. The topological polar surface area (TPSA) is 123 Å². The Kier molecular flexibility index (Phi) is 3.09. The fourth-order valence-corrected chi connectivity index (χ4v) is 2.13. The second-order valence-electron chi connectivity index (χ2n) is 3.87. The van der Waals surface area contributed by atoms with Crippen LogP contribution in [-0.4, -0.2) is 39.6 Å². The third kappa shape index (κ3) is 2.44. The molecule has 94 valence electrons. The van der Waals surface area contributed by atoms with Crippen molar-refractivity contribution in [3.05, 3.63) is 26.4 Å². The average Bonchev–Trinajstić information content (AvgIpc) is 2.83. The van der Waals surface area contributed by atoms with Gasteiger partial charge in [-0.1, -0.05) is 0 Å². The van der Waals surface area contributed by atoms with Crippen LogP contribution in [0.15, 0.2) is 4.79 Å². The van der Waals surface area contributed by atoms with Crippen LogP contribution in [0.4, 0.5) is 0 Å². The number of nitrogens with one attached hydrogen (secondary N) is 2. The second-order valence-corrected chi connectivity index (χ2v) is 3.87. The molecule has 0 spiro atoms. The van der Waals surface area contributed by atoms with E-state index in [4.69, 9.17) is 4.74 Å². The lowest BCUT2D eigenvalue weighted by Crippen LogP contribution is -2.27. The van der Waals surface area contributed by atoms with Crippen LogP contribution >= 0.6 is 0 Å². The van der Waals surface area contributed by atoms with E-state index in [0.717, 1.165) is 0 Å². The van der Waals surface area contributed by atoms with Gasteiger partial charge in [-0.15, -0.1) is 10.1 Å². The van der Waals surface area contributed by atoms with Crippen LogP contribution in [0.3, 0.4) is 0 Å². The van der Waals surface area contributed by atoms with Crippen molar-refractivity contribution in [2.24, 2.45) is 0 Å². The molecule has 3 atom stereocenters. The fraction of sp³-hybridized carbons (Fsp3) is 0.750. The molecule has 2 N–H and O–H groups in total. The number of ether oxygens (including phenoxy) is 1. The first-order valence-electron chi connectivity index (χ1n) is 5.08. The van der Waals surface area contributed by atoms with Gasteiger partial charge < -0.3 is 9.57 Å². The number of rotatable bonds is 4. The molecule has 1 saturated carbocycles. The SMILES string of the molecule is CO[C@H]1C[C@H](c2n[nH]c(=O)[nH]2)C[C@@H]1O[N+](=O)[O-]. The smallest absolute Gasteiger partial charge is 0.340 e. The van der Waals surface area contributed by atoms with Crippen molar-refractivity contribution in [2.75, 3.05) is 7.11 Å². The van der Waals surface area contributed by atoms with Crippen molar-refractivity contribution in [3.63, 3.8) is 0 Å². The molecule has 1 aromatic heterocycles. The van der Waals surface area contributed by atoms with Crippen molar-refractivity contribution in [1.82, 2.24) is 15.2 Å². The molecular formula is C8H12N4O5. The van der Waals surface area contributed by atoms with Gasteiger partial charge in [0.25, 0.3) is 5.09 Å². The Morgan fingerprint density at radius 2 is 2.18 bits per heavy atom. The lowest BCUT2D eigenvalue weighted by atomic mass is 10.1. The molecule has 2 rings (SSSR count). The van der Waals surface area contributed by atoms with Crippen LogP contribution in [-0.2, 0) is 9.57 Å². The molecule has 0 unspecified atom stereocenters. The molecule has 0 saturated heterocycles. The van der Waals surface area contributed by atoms with E-state index in [1.165, 1.54) is 7.11 Å². The first-order valence-corrected chi connectivity index (χ1v) is 5.08. The van der Waals surface area contributed by atoms with E-state index in [9.17, 15) is 14.9 Å². The highest BCUT2D eigenvalue weighted by atomic mass is 17.0. The first-order chi connectivity index (χ1) is 8.10. The largest absolute Gasteiger partial charge is 0.379 e. The monoisotopic (exact) mass is 244 g/mol. The Bertz CT molecular complexity index is 455. The van der Waals surface area contributed by atoms with E-state index in [0.29, 0.717) is 18.7 Å². The van der Waals surface area contributed by atoms with Crippen molar-refractivity contribution in [2.45, 2.75) is 31.0 Å². The fourth-order valence-electron chi connectivity index (χ4n) is 2.13. The minimum absolute atomic E-state index is 0.108. The first kappa shape index (κ1) is 11.6. The van der Waals surface area contributed by atoms with Gasteiger partial charge in [-0.25, -0.2) is 9.89 Å². The number of nitrogens with zero attached hydrogens (tertiary/aromatic N) is 2. The van der Waals surface area contributed by atoms with Crippen molar-refractivity contribution >= 4 is 0 Å². The van der Waals surface area contributed by atoms with Crippen molar-refractivity contribution in [1.29, 1.82) is 0 Å². The molecule has 1 heterocycles. The molecule has 9 heteroatoms. The van der Waals surface area contributed by atoms with Gasteiger partial charge in [-0.2, -0.15) is 5.10 Å². The maximum atomic E-state index is 10.9. The number of H-pyrrole nitrogens is 2. The van der Waals surface area contributed by atoms with Gasteiger partial charge in [0.1, 0.15) is 11.9 Å². The maximum absolute atomic E-state index is 10.9. The summed E-state index contributed by atoms with van der Waals surface area (Å²) in [6.45, 7) is 0. The van der Waals surface area contributed by atoms with Gasteiger partial charge in [0.2, 0.25) is 0 Å². The molecule has 17 heavy (non-hydrogen) atoms. The van der Waals surface area contributed by atoms with Crippen LogP contribution in [0, 0.1) is 10.1 Å². The van der Waals surface area contributed by atoms with E-state index in [1.54, 1.807) is 0 Å². The summed E-state index contributed by atoms with van der Waals surface area (Å²) in [5.41, 5.74) is -0.396. The number of hydrogen-bond donors (Lipinski definition) is 2. The van der Waals surface area contributed by atoms with Crippen LogP contribution in [0.2, 0.25) is 0 Å². The number of aromatic nitrogens is 3.